The van der Waals surface area contributed by atoms with Crippen molar-refractivity contribution in [2.24, 2.45) is 11.8 Å². The van der Waals surface area contributed by atoms with Crippen molar-refractivity contribution < 1.29 is 19.8 Å². The second-order valence-corrected chi connectivity index (χ2v) is 5.19. The van der Waals surface area contributed by atoms with Crippen molar-refractivity contribution in [3.05, 3.63) is 0 Å². The van der Waals surface area contributed by atoms with Gasteiger partial charge in [-0.2, -0.15) is 0 Å². The summed E-state index contributed by atoms with van der Waals surface area (Å²) in [7, 11) is 0. The van der Waals surface area contributed by atoms with Gasteiger partial charge in [-0.15, -0.1) is 0 Å². The van der Waals surface area contributed by atoms with Crippen molar-refractivity contribution in [1.82, 2.24) is 5.32 Å². The predicted octanol–water partition coefficient (Wildman–Crippen LogP) is 0.764. The standard InChI is InChI=1S/C12H21NO4/c1-8-4-3-5-12(6-8,7-14)13-10(15)9(2)11(16)17/h8-9,14H,3-7H2,1-2H3,(H,13,15)(H,16,17). The summed E-state index contributed by atoms with van der Waals surface area (Å²) < 4.78 is 0. The highest BCUT2D eigenvalue weighted by Gasteiger charge is 2.37. The van der Waals surface area contributed by atoms with Gasteiger partial charge in [0.25, 0.3) is 0 Å². The first-order valence-electron chi connectivity index (χ1n) is 6.06. The van der Waals surface area contributed by atoms with Crippen LogP contribution in [0.5, 0.6) is 0 Å². The summed E-state index contributed by atoms with van der Waals surface area (Å²) in [5.41, 5.74) is -0.627. The fraction of sp³-hybridized carbons (Fsp3) is 0.833. The van der Waals surface area contributed by atoms with Crippen LogP contribution in [0.3, 0.4) is 0 Å². The maximum absolute atomic E-state index is 11.7. The van der Waals surface area contributed by atoms with E-state index in [1.165, 1.54) is 6.92 Å². The van der Waals surface area contributed by atoms with E-state index < -0.39 is 23.3 Å². The molecular weight excluding hydrogens is 222 g/mol. The molecule has 1 aliphatic carbocycles. The van der Waals surface area contributed by atoms with Crippen LogP contribution in [0.25, 0.3) is 0 Å². The molecule has 3 unspecified atom stereocenters. The third kappa shape index (κ3) is 3.43. The van der Waals surface area contributed by atoms with Crippen molar-refractivity contribution in [3.8, 4) is 0 Å². The number of carbonyl (C=O) groups excluding carboxylic acids is 1. The van der Waals surface area contributed by atoms with Crippen molar-refractivity contribution in [1.29, 1.82) is 0 Å². The van der Waals surface area contributed by atoms with E-state index in [0.29, 0.717) is 18.8 Å². The summed E-state index contributed by atoms with van der Waals surface area (Å²) in [5, 5.41) is 21.0. The molecule has 0 bridgehead atoms. The number of aliphatic carboxylic acids is 1. The Morgan fingerprint density at radius 1 is 1.53 bits per heavy atom. The third-order valence-corrected chi connectivity index (χ3v) is 3.55. The van der Waals surface area contributed by atoms with Crippen molar-refractivity contribution in [2.75, 3.05) is 6.61 Å². The van der Waals surface area contributed by atoms with E-state index >= 15 is 0 Å². The molecule has 1 amide bonds. The molecule has 0 saturated heterocycles. The molecule has 0 radical (unpaired) electrons. The van der Waals surface area contributed by atoms with E-state index in [-0.39, 0.29) is 6.61 Å². The number of amides is 1. The second kappa shape index (κ2) is 5.49. The fourth-order valence-electron chi connectivity index (χ4n) is 2.44. The molecule has 5 nitrogen and oxygen atoms in total. The number of aliphatic hydroxyl groups excluding tert-OH is 1. The zero-order valence-corrected chi connectivity index (χ0v) is 10.4. The quantitative estimate of drug-likeness (QED) is 0.636. The smallest absolute Gasteiger partial charge is 0.315 e. The summed E-state index contributed by atoms with van der Waals surface area (Å²) in [6.45, 7) is 3.31. The van der Waals surface area contributed by atoms with Crippen molar-refractivity contribution >= 4 is 11.9 Å². The minimum atomic E-state index is -1.14. The van der Waals surface area contributed by atoms with Gasteiger partial charge in [0.1, 0.15) is 5.92 Å². The zero-order chi connectivity index (χ0) is 13.1. The molecule has 98 valence electrons. The number of nitrogens with one attached hydrogen (secondary N) is 1. The molecule has 0 aromatic heterocycles. The van der Waals surface area contributed by atoms with Crippen LogP contribution in [0.4, 0.5) is 0 Å². The number of hydrogen-bond donors (Lipinski definition) is 3. The zero-order valence-electron chi connectivity index (χ0n) is 10.4. The highest BCUT2D eigenvalue weighted by atomic mass is 16.4. The molecule has 0 spiro atoms. The average Bonchev–Trinajstić information content (AvgIpc) is 2.27. The van der Waals surface area contributed by atoms with Crippen LogP contribution < -0.4 is 5.32 Å². The van der Waals surface area contributed by atoms with Gasteiger partial charge in [-0.25, -0.2) is 0 Å². The third-order valence-electron chi connectivity index (χ3n) is 3.55. The Labute approximate surface area is 101 Å². The summed E-state index contributed by atoms with van der Waals surface area (Å²) >= 11 is 0. The van der Waals surface area contributed by atoms with Crippen LogP contribution in [0.1, 0.15) is 39.5 Å². The Bertz CT molecular complexity index is 305. The summed E-state index contributed by atoms with van der Waals surface area (Å²) in [6.07, 6.45) is 3.46. The lowest BCUT2D eigenvalue weighted by molar-refractivity contribution is -0.147. The van der Waals surface area contributed by atoms with Gasteiger partial charge in [0, 0.05) is 0 Å². The summed E-state index contributed by atoms with van der Waals surface area (Å²) in [5.74, 6) is -2.29. The molecule has 3 N–H and O–H groups in total. The molecule has 17 heavy (non-hydrogen) atoms. The number of hydrogen-bond acceptors (Lipinski definition) is 3. The lowest BCUT2D eigenvalue weighted by Crippen LogP contribution is -2.55. The molecule has 1 fully saturated rings. The van der Waals surface area contributed by atoms with Gasteiger partial charge in [0.2, 0.25) is 5.91 Å². The largest absolute Gasteiger partial charge is 0.481 e. The average molecular weight is 243 g/mol. The Morgan fingerprint density at radius 2 is 2.18 bits per heavy atom. The first-order chi connectivity index (χ1) is 7.90. The van der Waals surface area contributed by atoms with Gasteiger partial charge in [-0.1, -0.05) is 19.8 Å². The van der Waals surface area contributed by atoms with E-state index in [9.17, 15) is 14.7 Å². The van der Waals surface area contributed by atoms with Crippen LogP contribution in [-0.4, -0.2) is 34.2 Å². The highest BCUT2D eigenvalue weighted by molar-refractivity contribution is 5.96. The van der Waals surface area contributed by atoms with Crippen LogP contribution >= 0.6 is 0 Å². The Hall–Kier alpha value is -1.10. The molecule has 1 rings (SSSR count). The topological polar surface area (TPSA) is 86.6 Å². The first kappa shape index (κ1) is 14.0. The van der Waals surface area contributed by atoms with Gasteiger partial charge in [0.05, 0.1) is 12.1 Å². The Kier molecular flexibility index (Phi) is 4.51. The van der Waals surface area contributed by atoms with Crippen molar-refractivity contribution in [3.63, 3.8) is 0 Å². The van der Waals surface area contributed by atoms with Gasteiger partial charge in [-0.05, 0) is 25.7 Å². The van der Waals surface area contributed by atoms with E-state index in [2.05, 4.69) is 12.2 Å². The molecule has 5 heteroatoms. The maximum atomic E-state index is 11.7. The fourth-order valence-corrected chi connectivity index (χ4v) is 2.44. The normalized spacial score (nSPS) is 30.6. The van der Waals surface area contributed by atoms with E-state index in [1.54, 1.807) is 0 Å². The summed E-state index contributed by atoms with van der Waals surface area (Å²) in [6, 6.07) is 0. The molecule has 0 aliphatic heterocycles. The van der Waals surface area contributed by atoms with E-state index in [1.807, 2.05) is 0 Å². The molecule has 0 aromatic carbocycles. The lowest BCUT2D eigenvalue weighted by atomic mass is 9.76. The first-order valence-corrected chi connectivity index (χ1v) is 6.06. The second-order valence-electron chi connectivity index (χ2n) is 5.19. The number of carbonyl (C=O) groups is 2. The monoisotopic (exact) mass is 243 g/mol. The lowest BCUT2D eigenvalue weighted by Gasteiger charge is -2.39. The molecule has 0 heterocycles. The maximum Gasteiger partial charge on any atom is 0.315 e. The van der Waals surface area contributed by atoms with Crippen LogP contribution in [0.15, 0.2) is 0 Å². The number of rotatable bonds is 4. The number of carboxylic acids is 1. The minimum absolute atomic E-state index is 0.130. The van der Waals surface area contributed by atoms with Gasteiger partial charge < -0.3 is 15.5 Å². The van der Waals surface area contributed by atoms with E-state index in [0.717, 1.165) is 12.8 Å². The van der Waals surface area contributed by atoms with Gasteiger partial charge in [-0.3, -0.25) is 9.59 Å². The van der Waals surface area contributed by atoms with Crippen LogP contribution in [0, 0.1) is 11.8 Å². The molecule has 1 aliphatic rings. The number of carboxylic acid groups (broad SMARTS) is 1. The highest BCUT2D eigenvalue weighted by Crippen LogP contribution is 2.32. The molecule has 0 aromatic rings. The van der Waals surface area contributed by atoms with Gasteiger partial charge >= 0.3 is 5.97 Å². The van der Waals surface area contributed by atoms with Crippen LogP contribution in [-0.2, 0) is 9.59 Å². The van der Waals surface area contributed by atoms with Crippen molar-refractivity contribution in [2.45, 2.75) is 45.1 Å². The van der Waals surface area contributed by atoms with Crippen LogP contribution in [0.2, 0.25) is 0 Å². The molecule has 1 saturated carbocycles. The Balaban J connectivity index is 2.68. The summed E-state index contributed by atoms with van der Waals surface area (Å²) in [4.78, 5) is 22.4. The van der Waals surface area contributed by atoms with E-state index in [4.69, 9.17) is 5.11 Å². The van der Waals surface area contributed by atoms with Gasteiger partial charge in [0.15, 0.2) is 0 Å². The Morgan fingerprint density at radius 3 is 2.65 bits per heavy atom. The molecule has 3 atom stereocenters. The minimum Gasteiger partial charge on any atom is -0.481 e. The molecular formula is C12H21NO4. The predicted molar refractivity (Wildman–Crippen MR) is 62.4 cm³/mol. The number of aliphatic hydroxyl groups is 1. The SMILES string of the molecule is CC1CCCC(CO)(NC(=O)C(C)C(=O)O)C1.